The molecule has 0 heterocycles. The van der Waals surface area contributed by atoms with Gasteiger partial charge >= 0.3 is 5.97 Å². The molecule has 9 heteroatoms. The average molecular weight is 483 g/mol. The van der Waals surface area contributed by atoms with E-state index in [0.29, 0.717) is 28.3 Å². The third-order valence-corrected chi connectivity index (χ3v) is 6.96. The van der Waals surface area contributed by atoms with E-state index in [0.717, 1.165) is 4.31 Å². The fraction of sp³-hybridized carbons (Fsp3) is 0.200. The van der Waals surface area contributed by atoms with E-state index in [9.17, 15) is 18.0 Å². The number of nitrogens with zero attached hydrogens (tertiary/aromatic N) is 1. The largest absolute Gasteiger partial charge is 0.495 e. The molecule has 0 aromatic heterocycles. The topological polar surface area (TPSA) is 102 Å². The van der Waals surface area contributed by atoms with Crippen molar-refractivity contribution in [2.45, 2.75) is 18.7 Å². The van der Waals surface area contributed by atoms with Crippen molar-refractivity contribution in [3.8, 4) is 5.75 Å². The number of para-hydroxylation sites is 2. The number of hydrogen-bond donors (Lipinski definition) is 1. The standard InChI is InChI=1S/C25H26N2O6S/c1-5-33-25(29)18-11-13-19(14-12-18)26-24(28)21-16-20(15-10-17(21)2)34(30,31)27(3)22-8-6-7-9-23(22)32-4/h6-16H,5H2,1-4H3,(H,26,28). The summed E-state index contributed by atoms with van der Waals surface area (Å²) in [6, 6.07) is 17.4. The number of anilines is 2. The second-order valence-electron chi connectivity index (χ2n) is 7.37. The molecule has 0 aliphatic heterocycles. The lowest BCUT2D eigenvalue weighted by Crippen LogP contribution is -2.27. The average Bonchev–Trinajstić information content (AvgIpc) is 2.84. The van der Waals surface area contributed by atoms with Gasteiger partial charge in [-0.25, -0.2) is 13.2 Å². The van der Waals surface area contributed by atoms with E-state index in [4.69, 9.17) is 9.47 Å². The summed E-state index contributed by atoms with van der Waals surface area (Å²) in [5, 5.41) is 2.74. The maximum atomic E-state index is 13.3. The summed E-state index contributed by atoms with van der Waals surface area (Å²) in [6.07, 6.45) is 0. The van der Waals surface area contributed by atoms with Crippen molar-refractivity contribution in [3.63, 3.8) is 0 Å². The minimum atomic E-state index is -3.97. The van der Waals surface area contributed by atoms with Crippen LogP contribution in [-0.4, -0.2) is 41.1 Å². The SMILES string of the molecule is CCOC(=O)c1ccc(NC(=O)c2cc(S(=O)(=O)N(C)c3ccccc3OC)ccc2C)cc1. The lowest BCUT2D eigenvalue weighted by molar-refractivity contribution is 0.0526. The molecule has 8 nitrogen and oxygen atoms in total. The second-order valence-corrected chi connectivity index (χ2v) is 9.34. The molecule has 0 bridgehead atoms. The molecule has 0 saturated heterocycles. The first-order valence-electron chi connectivity index (χ1n) is 10.5. The minimum absolute atomic E-state index is 0.0330. The van der Waals surface area contributed by atoms with Crippen molar-refractivity contribution < 1.29 is 27.5 Å². The van der Waals surface area contributed by atoms with Crippen LogP contribution in [0.2, 0.25) is 0 Å². The van der Waals surface area contributed by atoms with Crippen LogP contribution in [0.15, 0.2) is 71.6 Å². The number of rotatable bonds is 8. The lowest BCUT2D eigenvalue weighted by Gasteiger charge is -2.22. The Bertz CT molecular complexity index is 1300. The van der Waals surface area contributed by atoms with Gasteiger partial charge in [-0.2, -0.15) is 0 Å². The summed E-state index contributed by atoms with van der Waals surface area (Å²) in [6.45, 7) is 3.71. The third-order valence-electron chi connectivity index (χ3n) is 5.19. The van der Waals surface area contributed by atoms with Crippen molar-refractivity contribution in [2.24, 2.45) is 0 Å². The zero-order valence-electron chi connectivity index (χ0n) is 19.4. The molecule has 0 aliphatic carbocycles. The van der Waals surface area contributed by atoms with Gasteiger partial charge in [0.05, 0.1) is 29.9 Å². The van der Waals surface area contributed by atoms with Gasteiger partial charge in [-0.05, 0) is 67.9 Å². The zero-order valence-corrected chi connectivity index (χ0v) is 20.2. The van der Waals surface area contributed by atoms with Crippen LogP contribution in [0, 0.1) is 6.92 Å². The summed E-state index contributed by atoms with van der Waals surface area (Å²) in [4.78, 5) is 24.7. The first-order chi connectivity index (χ1) is 16.2. The quantitative estimate of drug-likeness (QED) is 0.482. The van der Waals surface area contributed by atoms with E-state index in [-0.39, 0.29) is 17.1 Å². The van der Waals surface area contributed by atoms with Crippen molar-refractivity contribution in [2.75, 3.05) is 30.4 Å². The molecule has 3 aromatic rings. The number of nitrogens with one attached hydrogen (secondary N) is 1. The van der Waals surface area contributed by atoms with Crippen LogP contribution in [0.5, 0.6) is 5.75 Å². The first-order valence-corrected chi connectivity index (χ1v) is 11.9. The predicted molar refractivity (Wildman–Crippen MR) is 130 cm³/mol. The number of sulfonamides is 1. The Morgan fingerprint density at radius 3 is 2.32 bits per heavy atom. The van der Waals surface area contributed by atoms with Gasteiger partial charge in [0.15, 0.2) is 0 Å². The van der Waals surface area contributed by atoms with Gasteiger partial charge in [0.2, 0.25) is 0 Å². The van der Waals surface area contributed by atoms with Gasteiger partial charge in [-0.15, -0.1) is 0 Å². The van der Waals surface area contributed by atoms with Crippen molar-refractivity contribution in [3.05, 3.63) is 83.4 Å². The number of ether oxygens (including phenoxy) is 2. The molecule has 0 saturated carbocycles. The van der Waals surface area contributed by atoms with Crippen molar-refractivity contribution >= 4 is 33.3 Å². The molecular weight excluding hydrogens is 456 g/mol. The molecular formula is C25H26N2O6S. The van der Waals surface area contributed by atoms with Gasteiger partial charge in [0.25, 0.3) is 15.9 Å². The fourth-order valence-electron chi connectivity index (χ4n) is 3.29. The highest BCUT2D eigenvalue weighted by Gasteiger charge is 2.25. The van der Waals surface area contributed by atoms with E-state index < -0.39 is 21.9 Å². The van der Waals surface area contributed by atoms with Gasteiger partial charge in [-0.1, -0.05) is 18.2 Å². The zero-order chi connectivity index (χ0) is 24.9. The van der Waals surface area contributed by atoms with Crippen LogP contribution < -0.4 is 14.4 Å². The number of aryl methyl sites for hydroxylation is 1. The molecule has 0 aliphatic rings. The van der Waals surface area contributed by atoms with Gasteiger partial charge in [0.1, 0.15) is 5.75 Å². The maximum Gasteiger partial charge on any atom is 0.338 e. The summed E-state index contributed by atoms with van der Waals surface area (Å²) in [7, 11) is -1.08. The van der Waals surface area contributed by atoms with E-state index in [1.807, 2.05) is 0 Å². The molecule has 34 heavy (non-hydrogen) atoms. The summed E-state index contributed by atoms with van der Waals surface area (Å²) in [5.74, 6) is -0.517. The van der Waals surface area contributed by atoms with Crippen LogP contribution >= 0.6 is 0 Å². The molecule has 0 unspecified atom stereocenters. The number of hydrogen-bond acceptors (Lipinski definition) is 6. The molecule has 1 amide bonds. The Kier molecular flexibility index (Phi) is 7.57. The molecule has 1 N–H and O–H groups in total. The molecule has 3 rings (SSSR count). The fourth-order valence-corrected chi connectivity index (χ4v) is 4.52. The Balaban J connectivity index is 1.87. The molecule has 3 aromatic carbocycles. The lowest BCUT2D eigenvalue weighted by atomic mass is 10.1. The van der Waals surface area contributed by atoms with Gasteiger partial charge < -0.3 is 14.8 Å². The monoisotopic (exact) mass is 482 g/mol. The van der Waals surface area contributed by atoms with Crippen molar-refractivity contribution in [1.29, 1.82) is 0 Å². The highest BCUT2D eigenvalue weighted by Crippen LogP contribution is 2.31. The normalized spacial score (nSPS) is 10.9. The molecule has 0 spiro atoms. The first kappa shape index (κ1) is 24.8. The van der Waals surface area contributed by atoms with Gasteiger partial charge in [0, 0.05) is 18.3 Å². The highest BCUT2D eigenvalue weighted by atomic mass is 32.2. The van der Waals surface area contributed by atoms with Crippen LogP contribution in [0.4, 0.5) is 11.4 Å². The minimum Gasteiger partial charge on any atom is -0.495 e. The number of amides is 1. The Hall–Kier alpha value is -3.85. The Morgan fingerprint density at radius 1 is 1.00 bits per heavy atom. The maximum absolute atomic E-state index is 13.3. The number of esters is 1. The van der Waals surface area contributed by atoms with Crippen LogP contribution in [0.3, 0.4) is 0 Å². The predicted octanol–water partition coefficient (Wildman–Crippen LogP) is 4.26. The van der Waals surface area contributed by atoms with Crippen molar-refractivity contribution in [1.82, 2.24) is 0 Å². The molecule has 0 atom stereocenters. The van der Waals surface area contributed by atoms with Crippen LogP contribution in [0.1, 0.15) is 33.2 Å². The highest BCUT2D eigenvalue weighted by molar-refractivity contribution is 7.92. The number of carbonyl (C=O) groups is 2. The van der Waals surface area contributed by atoms with E-state index in [1.165, 1.54) is 26.3 Å². The second kappa shape index (κ2) is 10.4. The smallest absolute Gasteiger partial charge is 0.338 e. The number of benzene rings is 3. The summed E-state index contributed by atoms with van der Waals surface area (Å²) >= 11 is 0. The van der Waals surface area contributed by atoms with Crippen LogP contribution in [-0.2, 0) is 14.8 Å². The Morgan fingerprint density at radius 2 is 1.68 bits per heavy atom. The van der Waals surface area contributed by atoms with E-state index >= 15 is 0 Å². The molecule has 0 fully saturated rings. The van der Waals surface area contributed by atoms with E-state index in [2.05, 4.69) is 5.32 Å². The Labute approximate surface area is 199 Å². The van der Waals surface area contributed by atoms with Crippen LogP contribution in [0.25, 0.3) is 0 Å². The summed E-state index contributed by atoms with van der Waals surface area (Å²) in [5.41, 5.74) is 2.02. The molecule has 0 radical (unpaired) electrons. The van der Waals surface area contributed by atoms with E-state index in [1.54, 1.807) is 68.4 Å². The summed E-state index contributed by atoms with van der Waals surface area (Å²) < 4.78 is 37.9. The van der Waals surface area contributed by atoms with Gasteiger partial charge in [-0.3, -0.25) is 9.10 Å². The number of carbonyl (C=O) groups excluding carboxylic acids is 2. The molecule has 178 valence electrons. The number of methoxy groups -OCH3 is 1. The third kappa shape index (κ3) is 5.20.